The number of hydrogen-bond donors (Lipinski definition) is 0. The third-order valence-corrected chi connectivity index (χ3v) is 14.1. The summed E-state index contributed by atoms with van der Waals surface area (Å²) >= 11 is 0. The summed E-state index contributed by atoms with van der Waals surface area (Å²) in [4.78, 5) is 2.50. The molecule has 0 amide bonds. The first-order chi connectivity index (χ1) is 30.5. The minimum atomic E-state index is -0.662. The predicted octanol–water partition coefficient (Wildman–Crippen LogP) is 15.9. The predicted molar refractivity (Wildman–Crippen MR) is 257 cm³/mol. The van der Waals surface area contributed by atoms with E-state index in [0.717, 1.165) is 61.2 Å². The Morgan fingerprint density at radius 2 is 0.839 bits per heavy atom. The van der Waals surface area contributed by atoms with E-state index in [0.29, 0.717) is 0 Å². The van der Waals surface area contributed by atoms with E-state index in [1.807, 2.05) is 0 Å². The summed E-state index contributed by atoms with van der Waals surface area (Å²) in [5.41, 5.74) is 17.6. The highest BCUT2D eigenvalue weighted by molar-refractivity contribution is 6.01. The Bertz CT molecular complexity index is 3400. The summed E-state index contributed by atoms with van der Waals surface area (Å²) in [6.45, 7) is 4.74. The SMILES string of the molecule is CC1(C)c2ccccc2-c2ccc(N(c3ccc4c(c3)C3(c5ccccc5-4)c4ccc5ccccc5c4Oc4c3ccc3ccccc43)c3ccccc3-c3ccccc3)cc21. The minimum Gasteiger partial charge on any atom is -0.455 e. The Morgan fingerprint density at radius 1 is 0.355 bits per heavy atom. The molecule has 13 rings (SSSR count). The molecule has 292 valence electrons. The van der Waals surface area contributed by atoms with E-state index >= 15 is 0 Å². The topological polar surface area (TPSA) is 12.5 Å². The molecule has 3 aliphatic rings. The lowest BCUT2D eigenvalue weighted by atomic mass is 9.65. The molecule has 1 heterocycles. The molecule has 10 aromatic carbocycles. The molecule has 2 heteroatoms. The number of ether oxygens (including phenoxy) is 1. The van der Waals surface area contributed by atoms with Crippen molar-refractivity contribution in [2.24, 2.45) is 0 Å². The Labute approximate surface area is 362 Å². The number of fused-ring (bicyclic) bond motifs is 16. The van der Waals surface area contributed by atoms with Crippen molar-refractivity contribution in [3.05, 3.63) is 246 Å². The van der Waals surface area contributed by atoms with Gasteiger partial charge in [0.1, 0.15) is 11.5 Å². The molecule has 0 radical (unpaired) electrons. The second kappa shape index (κ2) is 12.9. The molecule has 0 N–H and O–H groups in total. The fraction of sp³-hybridized carbons (Fsp3) is 0.0667. The molecule has 0 saturated heterocycles. The van der Waals surface area contributed by atoms with Crippen LogP contribution in [-0.2, 0) is 10.8 Å². The Balaban J connectivity index is 1.12. The zero-order valence-corrected chi connectivity index (χ0v) is 34.6. The van der Waals surface area contributed by atoms with Gasteiger partial charge in [-0.15, -0.1) is 0 Å². The number of rotatable bonds is 4. The van der Waals surface area contributed by atoms with Gasteiger partial charge in [-0.05, 0) is 91.2 Å². The Kier molecular flexibility index (Phi) is 7.31. The highest BCUT2D eigenvalue weighted by Crippen LogP contribution is 2.64. The summed E-state index contributed by atoms with van der Waals surface area (Å²) in [7, 11) is 0. The molecule has 2 nitrogen and oxygen atoms in total. The molecule has 10 aromatic rings. The largest absolute Gasteiger partial charge is 0.455 e. The van der Waals surface area contributed by atoms with E-state index in [2.05, 4.69) is 231 Å². The summed E-state index contributed by atoms with van der Waals surface area (Å²) in [6.07, 6.45) is 0. The van der Waals surface area contributed by atoms with E-state index in [1.54, 1.807) is 0 Å². The van der Waals surface area contributed by atoms with Gasteiger partial charge in [0.2, 0.25) is 0 Å². The average molecular weight is 792 g/mol. The molecule has 0 unspecified atom stereocenters. The lowest BCUT2D eigenvalue weighted by Crippen LogP contribution is -2.32. The Morgan fingerprint density at radius 3 is 1.50 bits per heavy atom. The maximum Gasteiger partial charge on any atom is 0.140 e. The van der Waals surface area contributed by atoms with Crippen LogP contribution in [0.3, 0.4) is 0 Å². The second-order valence-corrected chi connectivity index (χ2v) is 17.6. The number of benzene rings is 10. The van der Waals surface area contributed by atoms with Crippen molar-refractivity contribution in [2.45, 2.75) is 24.7 Å². The number of para-hydroxylation sites is 1. The van der Waals surface area contributed by atoms with Crippen LogP contribution in [0.2, 0.25) is 0 Å². The second-order valence-electron chi connectivity index (χ2n) is 17.6. The van der Waals surface area contributed by atoms with Gasteiger partial charge in [0.05, 0.1) is 11.1 Å². The monoisotopic (exact) mass is 791 g/mol. The number of nitrogens with zero attached hydrogens (tertiary/aromatic N) is 1. The van der Waals surface area contributed by atoms with Gasteiger partial charge in [-0.3, -0.25) is 0 Å². The maximum absolute atomic E-state index is 7.28. The molecule has 1 spiro atoms. The van der Waals surface area contributed by atoms with E-state index in [1.165, 1.54) is 55.6 Å². The quantitative estimate of drug-likeness (QED) is 0.176. The molecular formula is C60H41NO. The summed E-state index contributed by atoms with van der Waals surface area (Å²) in [5, 5.41) is 4.56. The van der Waals surface area contributed by atoms with Crippen LogP contribution >= 0.6 is 0 Å². The van der Waals surface area contributed by atoms with Crippen molar-refractivity contribution in [3.8, 4) is 44.9 Å². The van der Waals surface area contributed by atoms with Crippen molar-refractivity contribution in [3.63, 3.8) is 0 Å². The van der Waals surface area contributed by atoms with E-state index in [4.69, 9.17) is 4.74 Å². The fourth-order valence-electron chi connectivity index (χ4n) is 11.3. The standard InChI is InChI=1S/C60H41NO/c1-59(2)50-25-13-10-23-46(50)48-32-30-41(36-54(48)59)61(56-27-15-12-20-43(56)38-16-4-3-5-17-38)42-31-33-49-47-24-11-14-26-51(47)60(55(49)37-42)52-34-28-39-18-6-8-21-44(39)57(52)62-58-45-22-9-7-19-40(45)29-35-53(58)60/h3-37H,1-2H3. The lowest BCUT2D eigenvalue weighted by Gasteiger charge is -2.40. The summed E-state index contributed by atoms with van der Waals surface area (Å²) < 4.78 is 7.28. The lowest BCUT2D eigenvalue weighted by molar-refractivity contribution is 0.447. The highest BCUT2D eigenvalue weighted by atomic mass is 16.5. The van der Waals surface area contributed by atoms with Crippen LogP contribution in [0, 0.1) is 0 Å². The van der Waals surface area contributed by atoms with Crippen molar-refractivity contribution in [2.75, 3.05) is 4.90 Å². The molecule has 2 aliphatic carbocycles. The number of hydrogen-bond acceptors (Lipinski definition) is 2. The van der Waals surface area contributed by atoms with Crippen molar-refractivity contribution in [1.82, 2.24) is 0 Å². The normalized spacial score (nSPS) is 14.4. The summed E-state index contributed by atoms with van der Waals surface area (Å²) in [6, 6.07) is 78.5. The molecule has 0 fully saturated rings. The molecule has 62 heavy (non-hydrogen) atoms. The average Bonchev–Trinajstić information content (AvgIpc) is 3.74. The van der Waals surface area contributed by atoms with Gasteiger partial charge in [-0.1, -0.05) is 196 Å². The summed E-state index contributed by atoms with van der Waals surface area (Å²) in [5.74, 6) is 1.85. The number of anilines is 3. The molecule has 0 aromatic heterocycles. The molecule has 1 aliphatic heterocycles. The van der Waals surface area contributed by atoms with Crippen LogP contribution in [-0.4, -0.2) is 0 Å². The zero-order chi connectivity index (χ0) is 41.2. The highest BCUT2D eigenvalue weighted by Gasteiger charge is 2.52. The zero-order valence-electron chi connectivity index (χ0n) is 34.6. The van der Waals surface area contributed by atoms with Crippen LogP contribution in [0.1, 0.15) is 47.2 Å². The maximum atomic E-state index is 7.28. The van der Waals surface area contributed by atoms with E-state index < -0.39 is 5.41 Å². The van der Waals surface area contributed by atoms with Gasteiger partial charge in [0.15, 0.2) is 0 Å². The van der Waals surface area contributed by atoms with Crippen molar-refractivity contribution in [1.29, 1.82) is 0 Å². The van der Waals surface area contributed by atoms with Gasteiger partial charge in [-0.25, -0.2) is 0 Å². The molecular weight excluding hydrogens is 751 g/mol. The van der Waals surface area contributed by atoms with Gasteiger partial charge < -0.3 is 9.64 Å². The third-order valence-electron chi connectivity index (χ3n) is 14.1. The smallest absolute Gasteiger partial charge is 0.140 e. The molecule has 0 saturated carbocycles. The van der Waals surface area contributed by atoms with Gasteiger partial charge in [-0.2, -0.15) is 0 Å². The molecule has 0 atom stereocenters. The minimum absolute atomic E-state index is 0.155. The van der Waals surface area contributed by atoms with Crippen LogP contribution in [0.15, 0.2) is 212 Å². The first-order valence-corrected chi connectivity index (χ1v) is 21.7. The van der Waals surface area contributed by atoms with Crippen LogP contribution < -0.4 is 9.64 Å². The van der Waals surface area contributed by atoms with Crippen molar-refractivity contribution < 1.29 is 4.74 Å². The van der Waals surface area contributed by atoms with Crippen molar-refractivity contribution >= 4 is 38.6 Å². The van der Waals surface area contributed by atoms with Crippen LogP contribution in [0.25, 0.3) is 54.9 Å². The molecule has 0 bridgehead atoms. The van der Waals surface area contributed by atoms with E-state index in [-0.39, 0.29) is 5.41 Å². The third kappa shape index (κ3) is 4.69. The fourth-order valence-corrected chi connectivity index (χ4v) is 11.3. The van der Waals surface area contributed by atoms with E-state index in [9.17, 15) is 0 Å². The van der Waals surface area contributed by atoms with Crippen LogP contribution in [0.4, 0.5) is 17.1 Å². The first kappa shape index (κ1) is 35.1. The van der Waals surface area contributed by atoms with Crippen LogP contribution in [0.5, 0.6) is 11.5 Å². The van der Waals surface area contributed by atoms with Gasteiger partial charge >= 0.3 is 0 Å². The van der Waals surface area contributed by atoms with Gasteiger partial charge in [0.25, 0.3) is 0 Å². The van der Waals surface area contributed by atoms with Gasteiger partial charge in [0, 0.05) is 44.3 Å². The first-order valence-electron chi connectivity index (χ1n) is 21.7. The Hall–Kier alpha value is -7.68.